The summed E-state index contributed by atoms with van der Waals surface area (Å²) in [7, 11) is 1.79. The average Bonchev–Trinajstić information content (AvgIpc) is 2.68. The predicted molar refractivity (Wildman–Crippen MR) is 135 cm³/mol. The van der Waals surface area contributed by atoms with Gasteiger partial charge < -0.3 is 20.3 Å². The number of nitrogens with one attached hydrogen (secondary N) is 2. The van der Waals surface area contributed by atoms with Crippen molar-refractivity contribution in [3.8, 4) is 0 Å². The second-order valence-electron chi connectivity index (χ2n) is 8.61. The van der Waals surface area contributed by atoms with Gasteiger partial charge in [-0.25, -0.2) is 0 Å². The van der Waals surface area contributed by atoms with E-state index < -0.39 is 0 Å². The van der Waals surface area contributed by atoms with Gasteiger partial charge in [-0.15, -0.1) is 24.0 Å². The largest absolute Gasteiger partial charge is 0.372 e. The minimum absolute atomic E-state index is 0. The molecule has 0 radical (unpaired) electrons. The molecule has 170 valence electrons. The van der Waals surface area contributed by atoms with Crippen molar-refractivity contribution >= 4 is 35.8 Å². The molecule has 0 spiro atoms. The van der Waals surface area contributed by atoms with Crippen LogP contribution in [-0.2, 0) is 11.3 Å². The number of benzene rings is 1. The SMILES string of the molecule is CN=C(NCc1ccc(C(=O)N2CC(C)OC(C)C2)cc1)NC(C)CCC(C)C.I. The molecule has 7 heteroatoms. The number of rotatable bonds is 7. The highest BCUT2D eigenvalue weighted by molar-refractivity contribution is 14.0. The van der Waals surface area contributed by atoms with Crippen LogP contribution in [-0.4, -0.2) is 55.2 Å². The number of carbonyl (C=O) groups excluding carboxylic acids is 1. The van der Waals surface area contributed by atoms with Gasteiger partial charge in [0.2, 0.25) is 0 Å². The molecule has 3 atom stereocenters. The Labute approximate surface area is 199 Å². The van der Waals surface area contributed by atoms with Crippen molar-refractivity contribution in [2.45, 2.75) is 72.3 Å². The molecule has 0 aromatic heterocycles. The molecule has 1 amide bonds. The molecule has 3 unspecified atom stereocenters. The van der Waals surface area contributed by atoms with E-state index in [4.69, 9.17) is 4.74 Å². The molecule has 2 rings (SSSR count). The first kappa shape index (κ1) is 26.7. The topological polar surface area (TPSA) is 66.0 Å². The molecule has 1 aliphatic rings. The first-order valence-electron chi connectivity index (χ1n) is 10.8. The number of morpholine rings is 1. The molecule has 1 aromatic rings. The summed E-state index contributed by atoms with van der Waals surface area (Å²) in [6.45, 7) is 12.6. The molecule has 1 aromatic carbocycles. The summed E-state index contributed by atoms with van der Waals surface area (Å²) >= 11 is 0. The minimum Gasteiger partial charge on any atom is -0.372 e. The maximum atomic E-state index is 12.8. The summed E-state index contributed by atoms with van der Waals surface area (Å²) in [5, 5.41) is 6.79. The van der Waals surface area contributed by atoms with E-state index in [1.54, 1.807) is 7.05 Å². The highest BCUT2D eigenvalue weighted by atomic mass is 127. The van der Waals surface area contributed by atoms with Crippen LogP contribution in [0.3, 0.4) is 0 Å². The number of aliphatic imine (C=N–C) groups is 1. The molecular formula is C23H39IN4O2. The number of hydrogen-bond donors (Lipinski definition) is 2. The molecule has 2 N–H and O–H groups in total. The van der Waals surface area contributed by atoms with Crippen molar-refractivity contribution in [2.75, 3.05) is 20.1 Å². The second kappa shape index (κ2) is 13.1. The summed E-state index contributed by atoms with van der Waals surface area (Å²) in [6.07, 6.45) is 2.47. The van der Waals surface area contributed by atoms with Crippen LogP contribution in [0.25, 0.3) is 0 Å². The Morgan fingerprint density at radius 3 is 2.27 bits per heavy atom. The lowest BCUT2D eigenvalue weighted by molar-refractivity contribution is -0.0586. The Morgan fingerprint density at radius 2 is 1.73 bits per heavy atom. The standard InChI is InChI=1S/C23H38N4O2.HI/c1-16(2)7-8-17(3)26-23(24-6)25-13-20-9-11-21(12-10-20)22(28)27-14-18(4)29-19(5)15-27;/h9-12,16-19H,7-8,13-15H2,1-6H3,(H2,24,25,26);1H. The van der Waals surface area contributed by atoms with E-state index in [1.807, 2.05) is 43.0 Å². The highest BCUT2D eigenvalue weighted by Gasteiger charge is 2.26. The Morgan fingerprint density at radius 1 is 1.13 bits per heavy atom. The van der Waals surface area contributed by atoms with Gasteiger partial charge in [0.05, 0.1) is 12.2 Å². The molecule has 1 aliphatic heterocycles. The number of amides is 1. The molecule has 1 heterocycles. The zero-order chi connectivity index (χ0) is 21.4. The normalized spacial score (nSPS) is 20.5. The summed E-state index contributed by atoms with van der Waals surface area (Å²) in [5.41, 5.74) is 1.84. The summed E-state index contributed by atoms with van der Waals surface area (Å²) in [5.74, 6) is 1.58. The molecule has 1 saturated heterocycles. The zero-order valence-electron chi connectivity index (χ0n) is 19.3. The van der Waals surface area contributed by atoms with Gasteiger partial charge in [-0.05, 0) is 57.2 Å². The predicted octanol–water partition coefficient (Wildman–Crippen LogP) is 4.04. The van der Waals surface area contributed by atoms with E-state index in [1.165, 1.54) is 6.42 Å². The maximum absolute atomic E-state index is 12.8. The Hall–Kier alpha value is -1.35. The van der Waals surface area contributed by atoms with Gasteiger partial charge in [-0.2, -0.15) is 0 Å². The first-order chi connectivity index (χ1) is 13.8. The number of ether oxygens (including phenoxy) is 1. The van der Waals surface area contributed by atoms with E-state index in [9.17, 15) is 4.79 Å². The lowest BCUT2D eigenvalue weighted by Gasteiger charge is -2.35. The van der Waals surface area contributed by atoms with Gasteiger partial charge in [0.15, 0.2) is 5.96 Å². The van der Waals surface area contributed by atoms with Crippen LogP contribution in [0.1, 0.15) is 63.4 Å². The van der Waals surface area contributed by atoms with Crippen LogP contribution >= 0.6 is 24.0 Å². The molecule has 1 fully saturated rings. The van der Waals surface area contributed by atoms with Crippen LogP contribution < -0.4 is 10.6 Å². The van der Waals surface area contributed by atoms with Crippen molar-refractivity contribution in [1.29, 1.82) is 0 Å². The molecule has 6 nitrogen and oxygen atoms in total. The van der Waals surface area contributed by atoms with Gasteiger partial charge in [-0.1, -0.05) is 26.0 Å². The maximum Gasteiger partial charge on any atom is 0.254 e. The lowest BCUT2D eigenvalue weighted by Crippen LogP contribution is -2.48. The van der Waals surface area contributed by atoms with Crippen LogP contribution in [0.4, 0.5) is 0 Å². The quantitative estimate of drug-likeness (QED) is 0.317. The third-order valence-electron chi connectivity index (χ3n) is 5.15. The van der Waals surface area contributed by atoms with E-state index in [0.29, 0.717) is 31.6 Å². The van der Waals surface area contributed by atoms with Gasteiger partial charge in [0, 0.05) is 38.3 Å². The van der Waals surface area contributed by atoms with Crippen LogP contribution in [0.2, 0.25) is 0 Å². The second-order valence-corrected chi connectivity index (χ2v) is 8.61. The van der Waals surface area contributed by atoms with Crippen molar-refractivity contribution in [3.05, 3.63) is 35.4 Å². The monoisotopic (exact) mass is 530 g/mol. The summed E-state index contributed by atoms with van der Waals surface area (Å²) < 4.78 is 5.72. The van der Waals surface area contributed by atoms with Crippen molar-refractivity contribution in [1.82, 2.24) is 15.5 Å². The van der Waals surface area contributed by atoms with E-state index in [0.717, 1.165) is 23.5 Å². The van der Waals surface area contributed by atoms with Crippen LogP contribution in [0.5, 0.6) is 0 Å². The fourth-order valence-electron chi connectivity index (χ4n) is 3.56. The highest BCUT2D eigenvalue weighted by Crippen LogP contribution is 2.15. The van der Waals surface area contributed by atoms with E-state index in [2.05, 4.69) is 36.4 Å². The molecular weight excluding hydrogens is 491 g/mol. The number of hydrogen-bond acceptors (Lipinski definition) is 3. The number of carbonyl (C=O) groups is 1. The van der Waals surface area contributed by atoms with Gasteiger partial charge in [0.25, 0.3) is 5.91 Å². The van der Waals surface area contributed by atoms with E-state index >= 15 is 0 Å². The van der Waals surface area contributed by atoms with Crippen LogP contribution in [0.15, 0.2) is 29.3 Å². The Balaban J connectivity index is 0.00000450. The number of nitrogens with zero attached hydrogens (tertiary/aromatic N) is 2. The summed E-state index contributed by atoms with van der Waals surface area (Å²) in [6, 6.07) is 8.20. The average molecular weight is 530 g/mol. The molecule has 0 bridgehead atoms. The zero-order valence-corrected chi connectivity index (χ0v) is 21.6. The smallest absolute Gasteiger partial charge is 0.254 e. The third kappa shape index (κ3) is 8.79. The van der Waals surface area contributed by atoms with Gasteiger partial charge in [0.1, 0.15) is 0 Å². The first-order valence-corrected chi connectivity index (χ1v) is 10.8. The van der Waals surface area contributed by atoms with E-state index in [-0.39, 0.29) is 42.1 Å². The molecule has 0 aliphatic carbocycles. The third-order valence-corrected chi connectivity index (χ3v) is 5.15. The fourth-order valence-corrected chi connectivity index (χ4v) is 3.56. The summed E-state index contributed by atoms with van der Waals surface area (Å²) in [4.78, 5) is 19.0. The van der Waals surface area contributed by atoms with Gasteiger partial charge >= 0.3 is 0 Å². The molecule has 30 heavy (non-hydrogen) atoms. The number of guanidine groups is 1. The Kier molecular flexibility index (Phi) is 11.7. The van der Waals surface area contributed by atoms with Crippen molar-refractivity contribution in [3.63, 3.8) is 0 Å². The van der Waals surface area contributed by atoms with Crippen molar-refractivity contribution < 1.29 is 9.53 Å². The fraction of sp³-hybridized carbons (Fsp3) is 0.652. The molecule has 0 saturated carbocycles. The lowest BCUT2D eigenvalue weighted by atomic mass is 10.0. The Bertz CT molecular complexity index is 668. The van der Waals surface area contributed by atoms with Gasteiger partial charge in [-0.3, -0.25) is 9.79 Å². The number of halogens is 1. The van der Waals surface area contributed by atoms with Crippen LogP contribution in [0, 0.1) is 5.92 Å². The van der Waals surface area contributed by atoms with Crippen molar-refractivity contribution in [2.24, 2.45) is 10.9 Å². The minimum atomic E-state index is 0.